The van der Waals surface area contributed by atoms with Gasteiger partial charge in [0, 0.05) is 73.1 Å². The molecule has 7 aromatic rings. The van der Waals surface area contributed by atoms with Gasteiger partial charge in [0.15, 0.2) is 16.0 Å². The molecule has 0 atom stereocenters. The van der Waals surface area contributed by atoms with E-state index >= 15 is 0 Å². The van der Waals surface area contributed by atoms with Crippen LogP contribution in [0.15, 0.2) is 67.1 Å². The maximum atomic E-state index is 11.4. The number of thiazole rings is 1. The monoisotopic (exact) mass is 942 g/mol. The second-order valence-corrected chi connectivity index (χ2v) is 16.2. The van der Waals surface area contributed by atoms with Gasteiger partial charge in [-0.25, -0.2) is 24.9 Å². The van der Waals surface area contributed by atoms with Gasteiger partial charge in [0.1, 0.15) is 35.9 Å². The Bertz CT molecular complexity index is 2540. The summed E-state index contributed by atoms with van der Waals surface area (Å²) in [5.41, 5.74) is 14.9. The molecule has 2 aliphatic carbocycles. The zero-order valence-electron chi connectivity index (χ0n) is 35.0. The van der Waals surface area contributed by atoms with Crippen LogP contribution < -0.4 is 16.4 Å². The van der Waals surface area contributed by atoms with Crippen molar-refractivity contribution in [2.24, 2.45) is 19.8 Å². The average Bonchev–Trinajstić information content (AvgIpc) is 4.12. The number of fused-ring (bicyclic) bond motifs is 2. The number of nitrogens with one attached hydrogen (secondary N) is 2. The first-order valence-corrected chi connectivity index (χ1v) is 22.4. The second-order valence-electron chi connectivity index (χ2n) is 14.4. The van der Waals surface area contributed by atoms with Crippen molar-refractivity contribution in [1.82, 2.24) is 53.6 Å². The second kappa shape index (κ2) is 22.5. The lowest BCUT2D eigenvalue weighted by Gasteiger charge is -2.11. The molecule has 0 amide bonds. The van der Waals surface area contributed by atoms with Crippen LogP contribution in [0.2, 0.25) is 0 Å². The van der Waals surface area contributed by atoms with Gasteiger partial charge in [-0.05, 0) is 109 Å². The topological polar surface area (TPSA) is 197 Å². The highest BCUT2D eigenvalue weighted by Gasteiger charge is 2.21. The summed E-state index contributed by atoms with van der Waals surface area (Å²) in [6, 6.07) is 7.60. The lowest BCUT2D eigenvalue weighted by atomic mass is 9.97. The molecule has 0 bridgehead atoms. The highest BCUT2D eigenvalue weighted by molar-refractivity contribution is 9.09. The number of Topliss-reactive ketones (excluding diaryl/α,β-unsaturated/α-hetero) is 1. The minimum absolute atomic E-state index is 0. The molecular weight excluding hydrogens is 889 g/mol. The normalized spacial score (nSPS) is 12.4. The summed E-state index contributed by atoms with van der Waals surface area (Å²) in [6.45, 7) is 5.81. The number of alkyl halides is 1. The van der Waals surface area contributed by atoms with Crippen molar-refractivity contribution in [3.63, 3.8) is 0 Å². The number of rotatable bonds is 8. The zero-order valence-corrected chi connectivity index (χ0v) is 38.2. The van der Waals surface area contributed by atoms with E-state index in [4.69, 9.17) is 28.0 Å². The lowest BCUT2D eigenvalue weighted by Crippen LogP contribution is -2.21. The smallest absolute Gasteiger partial charge is 0.188 e. The molecule has 7 aromatic heterocycles. The fourth-order valence-electron chi connectivity index (χ4n) is 6.92. The van der Waals surface area contributed by atoms with Crippen LogP contribution in [0.5, 0.6) is 0 Å². The van der Waals surface area contributed by atoms with E-state index in [9.17, 15) is 4.79 Å². The van der Waals surface area contributed by atoms with Crippen molar-refractivity contribution in [3.05, 3.63) is 107 Å². The van der Waals surface area contributed by atoms with Gasteiger partial charge in [-0.3, -0.25) is 23.3 Å². The van der Waals surface area contributed by atoms with Crippen molar-refractivity contribution >= 4 is 67.1 Å². The number of aliphatic hydroxyl groups excluding tert-OH is 1. The number of halogens is 1. The van der Waals surface area contributed by atoms with Crippen LogP contribution in [-0.4, -0.2) is 81.6 Å². The Morgan fingerprint density at radius 3 is 1.85 bits per heavy atom. The number of hydrogen-bond donors (Lipinski definition) is 4. The first-order chi connectivity index (χ1) is 29.5. The molecule has 0 saturated heterocycles. The standard InChI is InChI=1S/C20H21N7S.C11H10BrN3O.C9H14N4S.C2H6O.CH4/c1-13-10-27(12-22-13)18-8-7-14(9-21-18)17-11-28-20(23-17)24-19-15-5-3-4-6-16(15)25-26(19)2;1-8-6-15(7-14-8)11-3-2-9(5-13-11)10(16)4-12;1-13-8(11-9(10)14)6-4-2-3-5-7(6)12-13;1-2-3;/h7-12H,3-6H2,1-2H3,(H,23,24);2-3,5-7H,4H2,1H3;2-5H2,1H3,(H3,10,11,14);3H,2H2,1H3;1H4. The first kappa shape index (κ1) is 47.4. The van der Waals surface area contributed by atoms with E-state index in [0.717, 1.165) is 76.7 Å². The van der Waals surface area contributed by atoms with Gasteiger partial charge in [-0.1, -0.05) is 23.4 Å². The maximum Gasteiger partial charge on any atom is 0.188 e. The van der Waals surface area contributed by atoms with E-state index in [2.05, 4.69) is 62.1 Å². The molecule has 2 aliphatic rings. The van der Waals surface area contributed by atoms with Crippen LogP contribution in [0.3, 0.4) is 0 Å². The summed E-state index contributed by atoms with van der Waals surface area (Å²) in [6.07, 6.45) is 20.0. The maximum absolute atomic E-state index is 11.4. The Kier molecular flexibility index (Phi) is 17.2. The van der Waals surface area contributed by atoms with E-state index in [1.165, 1.54) is 48.2 Å². The summed E-state index contributed by atoms with van der Waals surface area (Å²) in [4.78, 5) is 33.2. The highest BCUT2D eigenvalue weighted by atomic mass is 79.9. The number of nitrogens with zero attached hydrogens (tertiary/aromatic N) is 11. The molecule has 0 unspecified atom stereocenters. The molecule has 0 fully saturated rings. The molecule has 7 heterocycles. The number of hydrogen-bond acceptors (Lipinski definition) is 12. The molecule has 9 rings (SSSR count). The van der Waals surface area contributed by atoms with Gasteiger partial charge < -0.3 is 21.5 Å². The fraction of sp³-hybridized carbons (Fsp3) is 0.372. The summed E-state index contributed by atoms with van der Waals surface area (Å²) in [5.74, 6) is 3.67. The number of nitrogens with two attached hydrogens (primary N) is 1. The number of ketones is 1. The number of aliphatic hydroxyl groups is 1. The number of carbonyl (C=O) groups excluding carboxylic acids is 1. The minimum atomic E-state index is 0. The van der Waals surface area contributed by atoms with E-state index in [-0.39, 0.29) is 19.8 Å². The van der Waals surface area contributed by atoms with Gasteiger partial charge in [-0.15, -0.1) is 11.3 Å². The van der Waals surface area contributed by atoms with Crippen molar-refractivity contribution < 1.29 is 9.90 Å². The van der Waals surface area contributed by atoms with Crippen molar-refractivity contribution in [2.75, 3.05) is 22.6 Å². The third kappa shape index (κ3) is 12.0. The third-order valence-electron chi connectivity index (χ3n) is 9.80. The molecule has 0 aromatic carbocycles. The molecule has 0 saturated carbocycles. The number of aryl methyl sites for hydroxylation is 6. The predicted octanol–water partition coefficient (Wildman–Crippen LogP) is 7.80. The first-order valence-electron chi connectivity index (χ1n) is 20.0. The van der Waals surface area contributed by atoms with Gasteiger partial charge in [0.05, 0.1) is 33.8 Å². The van der Waals surface area contributed by atoms with E-state index in [0.29, 0.717) is 16.0 Å². The summed E-state index contributed by atoms with van der Waals surface area (Å²) in [7, 11) is 3.91. The Hall–Kier alpha value is -5.63. The van der Waals surface area contributed by atoms with E-state index in [1.807, 2.05) is 77.2 Å². The van der Waals surface area contributed by atoms with Gasteiger partial charge in [0.25, 0.3) is 0 Å². The Balaban J connectivity index is 0.000000182. The molecule has 19 heteroatoms. The molecule has 0 aliphatic heterocycles. The van der Waals surface area contributed by atoms with E-state index < -0.39 is 0 Å². The molecule has 0 spiro atoms. The Morgan fingerprint density at radius 1 is 0.839 bits per heavy atom. The minimum Gasteiger partial charge on any atom is -0.397 e. The molecule has 62 heavy (non-hydrogen) atoms. The van der Waals surface area contributed by atoms with Crippen molar-refractivity contribution in [3.8, 4) is 22.9 Å². The van der Waals surface area contributed by atoms with Crippen LogP contribution in [0.4, 0.5) is 16.8 Å². The molecule has 0 radical (unpaired) electrons. The third-order valence-corrected chi connectivity index (χ3v) is 11.2. The van der Waals surface area contributed by atoms with Crippen LogP contribution in [0.1, 0.15) is 84.3 Å². The lowest BCUT2D eigenvalue weighted by molar-refractivity contribution is 0.102. The largest absolute Gasteiger partial charge is 0.397 e. The summed E-state index contributed by atoms with van der Waals surface area (Å²) >= 11 is 9.56. The number of anilines is 3. The highest BCUT2D eigenvalue weighted by Crippen LogP contribution is 2.32. The van der Waals surface area contributed by atoms with Gasteiger partial charge in [-0.2, -0.15) is 10.2 Å². The number of imidazole rings is 2. The summed E-state index contributed by atoms with van der Waals surface area (Å²) in [5, 5.41) is 26.7. The Labute approximate surface area is 380 Å². The van der Waals surface area contributed by atoms with Crippen molar-refractivity contribution in [2.45, 2.75) is 79.6 Å². The van der Waals surface area contributed by atoms with Gasteiger partial charge >= 0.3 is 0 Å². The molecule has 5 N–H and O–H groups in total. The van der Waals surface area contributed by atoms with Gasteiger partial charge in [0.2, 0.25) is 0 Å². The number of pyridine rings is 2. The van der Waals surface area contributed by atoms with Crippen LogP contribution in [0, 0.1) is 13.8 Å². The van der Waals surface area contributed by atoms with Crippen LogP contribution >= 0.6 is 39.5 Å². The molecular formula is C43H55BrN14O2S2. The predicted molar refractivity (Wildman–Crippen MR) is 254 cm³/mol. The number of thiocarbonyl (C=S) groups is 1. The SMILES string of the molecule is C.CCO.Cc1cn(-c2ccc(-c3csc(Nc4c5c(nn4C)CCCC5)n3)cn2)cn1.Cc1cn(-c2ccc(C(=O)CBr)cn2)cn1.Cn1nc2c(c1NC(N)=S)CCCC2. The molecule has 328 valence electrons. The zero-order chi connectivity index (χ0) is 43.5. The number of aromatic nitrogens is 11. The van der Waals surface area contributed by atoms with Crippen LogP contribution in [0.25, 0.3) is 22.9 Å². The fourth-order valence-corrected chi connectivity index (χ4v) is 8.06. The van der Waals surface area contributed by atoms with Crippen molar-refractivity contribution in [1.29, 1.82) is 0 Å². The van der Waals surface area contributed by atoms with E-state index in [1.54, 1.807) is 49.2 Å². The number of carbonyl (C=O) groups is 1. The van der Waals surface area contributed by atoms with Crippen LogP contribution in [-0.2, 0) is 39.8 Å². The summed E-state index contributed by atoms with van der Waals surface area (Å²) < 4.78 is 7.51. The quantitative estimate of drug-likeness (QED) is 0.0655. The average molecular weight is 944 g/mol. The Morgan fingerprint density at radius 2 is 1.37 bits per heavy atom. The molecule has 16 nitrogen and oxygen atoms in total.